The minimum Gasteiger partial charge on any atom is -0.421 e. The second-order valence-electron chi connectivity index (χ2n) is 10.9. The molecule has 8 nitrogen and oxygen atoms in total. The van der Waals surface area contributed by atoms with Crippen LogP contribution in [0.4, 0.5) is 15.9 Å². The van der Waals surface area contributed by atoms with E-state index in [4.69, 9.17) is 20.4 Å². The molecule has 9 heteroatoms. The highest BCUT2D eigenvalue weighted by atomic mass is 19.1. The van der Waals surface area contributed by atoms with Crippen molar-refractivity contribution >= 4 is 11.5 Å². The number of hydrogen-bond donors (Lipinski definition) is 2. The van der Waals surface area contributed by atoms with Gasteiger partial charge < -0.3 is 20.7 Å². The zero-order chi connectivity index (χ0) is 24.5. The lowest BCUT2D eigenvalue weighted by Gasteiger charge is -2.32. The van der Waals surface area contributed by atoms with E-state index in [9.17, 15) is 4.39 Å². The predicted molar refractivity (Wildman–Crippen MR) is 132 cm³/mol. The minimum atomic E-state index is -0.284. The molecule has 3 atom stereocenters. The molecule has 1 aliphatic heterocycles. The molecule has 1 saturated carbocycles. The Bertz CT molecular complexity index is 1300. The van der Waals surface area contributed by atoms with E-state index in [0.29, 0.717) is 24.1 Å². The van der Waals surface area contributed by atoms with E-state index in [-0.39, 0.29) is 23.3 Å². The second kappa shape index (κ2) is 7.84. The molecule has 3 heterocycles. The van der Waals surface area contributed by atoms with E-state index < -0.39 is 0 Å². The van der Waals surface area contributed by atoms with Crippen LogP contribution in [0.2, 0.25) is 0 Å². The smallest absolute Gasteiger partial charge is 0.324 e. The number of nitrogens with two attached hydrogens (primary N) is 1. The van der Waals surface area contributed by atoms with Gasteiger partial charge in [-0.2, -0.15) is 9.97 Å². The molecular formula is C26H30FN7O. The van der Waals surface area contributed by atoms with Gasteiger partial charge in [0.2, 0.25) is 0 Å². The Labute approximate surface area is 204 Å². The van der Waals surface area contributed by atoms with Crippen LogP contribution in [-0.2, 0) is 11.8 Å². The summed E-state index contributed by atoms with van der Waals surface area (Å²) in [6.45, 7) is 7.03. The summed E-state index contributed by atoms with van der Waals surface area (Å²) >= 11 is 0. The largest absolute Gasteiger partial charge is 0.421 e. The lowest BCUT2D eigenvalue weighted by atomic mass is 9.96. The van der Waals surface area contributed by atoms with Crippen molar-refractivity contribution in [2.45, 2.75) is 57.5 Å². The summed E-state index contributed by atoms with van der Waals surface area (Å²) < 4.78 is 20.6. The van der Waals surface area contributed by atoms with Gasteiger partial charge in [-0.15, -0.1) is 0 Å². The van der Waals surface area contributed by atoms with Gasteiger partial charge in [-0.1, -0.05) is 20.8 Å². The maximum atomic E-state index is 14.5. The Morgan fingerprint density at radius 2 is 1.91 bits per heavy atom. The quantitative estimate of drug-likeness (QED) is 0.456. The zero-order valence-corrected chi connectivity index (χ0v) is 20.5. The van der Waals surface area contributed by atoms with Gasteiger partial charge in [0.05, 0.1) is 18.1 Å². The van der Waals surface area contributed by atoms with E-state index >= 15 is 0 Å². The van der Waals surface area contributed by atoms with Gasteiger partial charge >= 0.3 is 6.01 Å². The monoisotopic (exact) mass is 475 g/mol. The Morgan fingerprint density at radius 3 is 2.54 bits per heavy atom. The van der Waals surface area contributed by atoms with E-state index in [1.54, 1.807) is 25.5 Å². The van der Waals surface area contributed by atoms with Crippen molar-refractivity contribution in [3.05, 3.63) is 47.4 Å². The first-order valence-corrected chi connectivity index (χ1v) is 12.2. The standard InChI is InChI=1S/C26H30FN7O/c1-26(2,3)24-30-10-16(11-31-24)35-25-32-21-9-17-18(6-14(27)7-20(17)29-4)22(21)23(33-25)34-12-13-5-15(34)8-19(13)28/h6-7,10-11,13,15,19,29H,5,8-9,12,28H2,1-4H3/t13?,15?,19-/m1/s1. The van der Waals surface area contributed by atoms with Crippen molar-refractivity contribution < 1.29 is 9.13 Å². The molecule has 2 aromatic heterocycles. The molecule has 0 radical (unpaired) electrons. The molecule has 1 aromatic carbocycles. The molecule has 0 spiro atoms. The predicted octanol–water partition coefficient (Wildman–Crippen LogP) is 4.03. The fourth-order valence-corrected chi connectivity index (χ4v) is 5.68. The van der Waals surface area contributed by atoms with E-state index in [0.717, 1.165) is 59.1 Å². The normalized spacial score (nSPS) is 22.3. The number of anilines is 2. The van der Waals surface area contributed by atoms with Crippen LogP contribution in [0.3, 0.4) is 0 Å². The summed E-state index contributed by atoms with van der Waals surface area (Å²) in [5, 5.41) is 3.13. The number of nitrogens with zero attached hydrogens (tertiary/aromatic N) is 5. The highest BCUT2D eigenvalue weighted by Crippen LogP contribution is 2.49. The van der Waals surface area contributed by atoms with Gasteiger partial charge in [0, 0.05) is 48.8 Å². The molecule has 6 rings (SSSR count). The average Bonchev–Trinajstić information content (AvgIpc) is 3.49. The van der Waals surface area contributed by atoms with Crippen molar-refractivity contribution in [3.63, 3.8) is 0 Å². The minimum absolute atomic E-state index is 0.155. The lowest BCUT2D eigenvalue weighted by Crippen LogP contribution is -2.41. The van der Waals surface area contributed by atoms with Gasteiger partial charge in [-0.05, 0) is 42.0 Å². The summed E-state index contributed by atoms with van der Waals surface area (Å²) in [5.74, 6) is 2.17. The van der Waals surface area contributed by atoms with Crippen LogP contribution in [0.5, 0.6) is 11.8 Å². The first kappa shape index (κ1) is 22.2. The van der Waals surface area contributed by atoms with Gasteiger partial charge in [-0.25, -0.2) is 14.4 Å². The number of nitrogens with one attached hydrogen (secondary N) is 1. The Morgan fingerprint density at radius 1 is 1.14 bits per heavy atom. The van der Waals surface area contributed by atoms with E-state index in [2.05, 4.69) is 41.0 Å². The number of hydrogen-bond acceptors (Lipinski definition) is 8. The molecule has 1 saturated heterocycles. The SMILES string of the molecule is CNc1cc(F)cc2c1Cc1nc(Oc3cnc(C(C)(C)C)nc3)nc(N3CC4CC3C[C@H]4N)c1-2. The highest BCUT2D eigenvalue weighted by molar-refractivity contribution is 5.88. The zero-order valence-electron chi connectivity index (χ0n) is 20.5. The number of benzene rings is 1. The number of fused-ring (bicyclic) bond motifs is 5. The van der Waals surface area contributed by atoms with Crippen LogP contribution in [0.25, 0.3) is 11.1 Å². The van der Waals surface area contributed by atoms with Crippen LogP contribution in [-0.4, -0.2) is 45.6 Å². The number of piperidine rings is 1. The average molecular weight is 476 g/mol. The number of rotatable bonds is 4. The van der Waals surface area contributed by atoms with Crippen LogP contribution >= 0.6 is 0 Å². The van der Waals surface area contributed by atoms with Crippen LogP contribution in [0, 0.1) is 11.7 Å². The molecule has 3 aliphatic rings. The summed E-state index contributed by atoms with van der Waals surface area (Å²) in [4.78, 5) is 20.9. The fraction of sp³-hybridized carbons (Fsp3) is 0.462. The van der Waals surface area contributed by atoms with Gasteiger partial charge in [0.25, 0.3) is 0 Å². The number of aromatic nitrogens is 4. The molecule has 0 amide bonds. The van der Waals surface area contributed by atoms with E-state index in [1.807, 2.05) is 0 Å². The summed E-state index contributed by atoms with van der Waals surface area (Å²) in [7, 11) is 1.81. The van der Waals surface area contributed by atoms with Gasteiger partial charge in [0.1, 0.15) is 17.5 Å². The van der Waals surface area contributed by atoms with E-state index in [1.165, 1.54) is 6.07 Å². The molecule has 3 aromatic rings. The lowest BCUT2D eigenvalue weighted by molar-refractivity contribution is 0.429. The summed E-state index contributed by atoms with van der Waals surface area (Å²) in [6, 6.07) is 3.91. The number of ether oxygens (including phenoxy) is 1. The van der Waals surface area contributed by atoms with Crippen LogP contribution < -0.4 is 20.7 Å². The highest BCUT2D eigenvalue weighted by Gasteiger charge is 2.45. The fourth-order valence-electron chi connectivity index (χ4n) is 5.68. The maximum absolute atomic E-state index is 14.5. The topological polar surface area (TPSA) is 102 Å². The second-order valence-corrected chi connectivity index (χ2v) is 10.9. The van der Waals surface area contributed by atoms with Gasteiger partial charge in [-0.3, -0.25) is 0 Å². The molecule has 2 aliphatic carbocycles. The van der Waals surface area contributed by atoms with Crippen molar-refractivity contribution in [3.8, 4) is 22.9 Å². The van der Waals surface area contributed by atoms with Crippen LogP contribution in [0.1, 0.15) is 50.7 Å². The third-order valence-electron chi connectivity index (χ3n) is 7.42. The molecule has 2 bridgehead atoms. The van der Waals surface area contributed by atoms with Crippen molar-refractivity contribution in [2.75, 3.05) is 23.8 Å². The molecule has 2 unspecified atom stereocenters. The van der Waals surface area contributed by atoms with Crippen LogP contribution in [0.15, 0.2) is 24.5 Å². The molecule has 182 valence electrons. The molecular weight excluding hydrogens is 445 g/mol. The molecule has 35 heavy (non-hydrogen) atoms. The van der Waals surface area contributed by atoms with Gasteiger partial charge in [0.15, 0.2) is 5.75 Å². The Hall–Kier alpha value is -3.33. The number of halogens is 1. The third kappa shape index (κ3) is 3.69. The molecule has 3 N–H and O–H groups in total. The third-order valence-corrected chi connectivity index (χ3v) is 7.42. The Balaban J connectivity index is 1.43. The summed E-state index contributed by atoms with van der Waals surface area (Å²) in [5.41, 5.74) is 10.5. The van der Waals surface area contributed by atoms with Crippen molar-refractivity contribution in [1.29, 1.82) is 0 Å². The van der Waals surface area contributed by atoms with Crippen molar-refractivity contribution in [1.82, 2.24) is 19.9 Å². The first-order valence-electron chi connectivity index (χ1n) is 12.2. The maximum Gasteiger partial charge on any atom is 0.324 e. The summed E-state index contributed by atoms with van der Waals surface area (Å²) in [6.07, 6.45) is 5.87. The first-order chi connectivity index (χ1) is 16.7. The van der Waals surface area contributed by atoms with Crippen molar-refractivity contribution in [2.24, 2.45) is 11.7 Å². The molecule has 2 fully saturated rings. The Kier molecular flexibility index (Phi) is 4.96.